The first-order valence-corrected chi connectivity index (χ1v) is 8.28. The fraction of sp³-hybridized carbons (Fsp3) is 0.533. The quantitative estimate of drug-likeness (QED) is 0.627. The van der Waals surface area contributed by atoms with E-state index in [1.807, 2.05) is 5.32 Å². The van der Waals surface area contributed by atoms with Gasteiger partial charge in [0.15, 0.2) is 23.3 Å². The van der Waals surface area contributed by atoms with Gasteiger partial charge < -0.3 is 5.32 Å². The number of anilines is 1. The highest BCUT2D eigenvalue weighted by Gasteiger charge is 2.21. The Bertz CT molecular complexity index is 521. The molecule has 1 aromatic rings. The molecule has 1 fully saturated rings. The van der Waals surface area contributed by atoms with E-state index in [4.69, 9.17) is 0 Å². The van der Waals surface area contributed by atoms with Crippen molar-refractivity contribution in [1.29, 1.82) is 0 Å². The van der Waals surface area contributed by atoms with Gasteiger partial charge in [0.1, 0.15) is 5.69 Å². The molecule has 0 radical (unpaired) electrons. The second kappa shape index (κ2) is 7.85. The molecule has 0 spiro atoms. The lowest BCUT2D eigenvalue weighted by atomic mass is 10.0. The predicted octanol–water partition coefficient (Wildman–Crippen LogP) is 4.64. The van der Waals surface area contributed by atoms with Crippen LogP contribution in [0.3, 0.4) is 0 Å². The Balaban J connectivity index is 1.87. The Morgan fingerprint density at radius 2 is 1.68 bits per heavy atom. The lowest BCUT2D eigenvalue weighted by Gasteiger charge is -2.20. The summed E-state index contributed by atoms with van der Waals surface area (Å²) in [4.78, 5) is 11.7. The Morgan fingerprint density at radius 1 is 1.09 bits per heavy atom. The lowest BCUT2D eigenvalue weighted by molar-refractivity contribution is -0.115. The molecule has 1 aliphatic carbocycles. The molecule has 22 heavy (non-hydrogen) atoms. The molecule has 0 aromatic heterocycles. The SMILES string of the molecule is O=C(CCSC1CCCCC1)Nc1c(F)c(F)cc(F)c1F. The number of nitrogens with one attached hydrogen (secondary N) is 1. The zero-order chi connectivity index (χ0) is 16.1. The summed E-state index contributed by atoms with van der Waals surface area (Å²) in [6.07, 6.45) is 5.88. The molecular weight excluding hydrogens is 318 g/mol. The van der Waals surface area contributed by atoms with Gasteiger partial charge in [0, 0.05) is 23.5 Å². The van der Waals surface area contributed by atoms with Crippen molar-refractivity contribution in [3.63, 3.8) is 0 Å². The van der Waals surface area contributed by atoms with Crippen molar-refractivity contribution in [3.8, 4) is 0 Å². The predicted molar refractivity (Wildman–Crippen MR) is 78.9 cm³/mol. The normalized spacial score (nSPS) is 15.8. The molecule has 7 heteroatoms. The van der Waals surface area contributed by atoms with Crippen LogP contribution >= 0.6 is 11.8 Å². The van der Waals surface area contributed by atoms with Crippen LogP contribution in [0.25, 0.3) is 0 Å². The maximum atomic E-state index is 13.4. The Kier molecular flexibility index (Phi) is 6.11. The summed E-state index contributed by atoms with van der Waals surface area (Å²) in [6, 6.07) is 0.110. The van der Waals surface area contributed by atoms with E-state index in [-0.39, 0.29) is 12.5 Å². The third-order valence-electron chi connectivity index (χ3n) is 3.61. The highest BCUT2D eigenvalue weighted by molar-refractivity contribution is 7.99. The third-order valence-corrected chi connectivity index (χ3v) is 4.99. The number of carbonyl (C=O) groups excluding carboxylic acids is 1. The number of benzene rings is 1. The lowest BCUT2D eigenvalue weighted by Crippen LogP contribution is -2.17. The van der Waals surface area contributed by atoms with Crippen LogP contribution in [0, 0.1) is 23.3 Å². The molecule has 1 amide bonds. The Morgan fingerprint density at radius 3 is 2.27 bits per heavy atom. The van der Waals surface area contributed by atoms with Crippen LogP contribution in [0.1, 0.15) is 38.5 Å². The number of rotatable bonds is 5. The van der Waals surface area contributed by atoms with Gasteiger partial charge in [-0.3, -0.25) is 4.79 Å². The summed E-state index contributed by atoms with van der Waals surface area (Å²) in [6.45, 7) is 0. The molecule has 0 heterocycles. The van der Waals surface area contributed by atoms with Crippen molar-refractivity contribution in [3.05, 3.63) is 29.3 Å². The number of carbonyl (C=O) groups is 1. The fourth-order valence-electron chi connectivity index (χ4n) is 2.43. The number of hydrogen-bond acceptors (Lipinski definition) is 2. The summed E-state index contributed by atoms with van der Waals surface area (Å²) in [5, 5.41) is 2.43. The number of hydrogen-bond donors (Lipinski definition) is 1. The van der Waals surface area contributed by atoms with Crippen molar-refractivity contribution in [1.82, 2.24) is 0 Å². The van der Waals surface area contributed by atoms with Crippen LogP contribution in [0.2, 0.25) is 0 Å². The standard InChI is InChI=1S/C15H17F4NOS/c16-10-8-11(17)14(19)15(13(10)18)20-12(21)6-7-22-9-4-2-1-3-5-9/h8-9H,1-7H2,(H,20,21). The van der Waals surface area contributed by atoms with Gasteiger partial charge in [0.25, 0.3) is 0 Å². The fourth-order valence-corrected chi connectivity index (χ4v) is 3.74. The first kappa shape index (κ1) is 17.1. The summed E-state index contributed by atoms with van der Waals surface area (Å²) in [5.74, 6) is -6.40. The van der Waals surface area contributed by atoms with Crippen LogP contribution < -0.4 is 5.32 Å². The van der Waals surface area contributed by atoms with Crippen molar-refractivity contribution in [2.24, 2.45) is 0 Å². The molecule has 0 saturated heterocycles. The highest BCUT2D eigenvalue weighted by atomic mass is 32.2. The minimum absolute atomic E-state index is 0.0399. The average Bonchev–Trinajstić information content (AvgIpc) is 2.51. The maximum Gasteiger partial charge on any atom is 0.225 e. The van der Waals surface area contributed by atoms with Gasteiger partial charge in [0.05, 0.1) is 0 Å². The van der Waals surface area contributed by atoms with Gasteiger partial charge in [-0.15, -0.1) is 0 Å². The Hall–Kier alpha value is -1.24. The minimum Gasteiger partial charge on any atom is -0.321 e. The first-order valence-electron chi connectivity index (χ1n) is 7.23. The van der Waals surface area contributed by atoms with Gasteiger partial charge in [-0.25, -0.2) is 17.6 Å². The van der Waals surface area contributed by atoms with Crippen molar-refractivity contribution < 1.29 is 22.4 Å². The molecule has 0 unspecified atom stereocenters. The molecule has 122 valence electrons. The van der Waals surface area contributed by atoms with E-state index in [9.17, 15) is 22.4 Å². The summed E-state index contributed by atoms with van der Waals surface area (Å²) in [5.41, 5.74) is -1.06. The summed E-state index contributed by atoms with van der Waals surface area (Å²) >= 11 is 1.65. The van der Waals surface area contributed by atoms with Gasteiger partial charge in [0.2, 0.25) is 5.91 Å². The van der Waals surface area contributed by atoms with Crippen molar-refractivity contribution >= 4 is 23.4 Å². The van der Waals surface area contributed by atoms with E-state index in [0.717, 1.165) is 12.8 Å². The molecule has 1 aromatic carbocycles. The molecule has 2 rings (SSSR count). The smallest absolute Gasteiger partial charge is 0.225 e. The molecular formula is C15H17F4NOS. The number of thioether (sulfide) groups is 1. The zero-order valence-corrected chi connectivity index (χ0v) is 12.7. The van der Waals surface area contributed by atoms with E-state index in [1.165, 1.54) is 19.3 Å². The summed E-state index contributed by atoms with van der Waals surface area (Å²) < 4.78 is 52.9. The second-order valence-corrected chi connectivity index (χ2v) is 6.68. The molecule has 0 atom stereocenters. The van der Waals surface area contributed by atoms with Crippen molar-refractivity contribution in [2.45, 2.75) is 43.8 Å². The number of amides is 1. The van der Waals surface area contributed by atoms with E-state index in [0.29, 0.717) is 11.0 Å². The van der Waals surface area contributed by atoms with Gasteiger partial charge in [-0.2, -0.15) is 11.8 Å². The van der Waals surface area contributed by atoms with Gasteiger partial charge in [-0.1, -0.05) is 19.3 Å². The van der Waals surface area contributed by atoms with E-state index >= 15 is 0 Å². The summed E-state index contributed by atoms with van der Waals surface area (Å²) in [7, 11) is 0. The average molecular weight is 335 g/mol. The molecule has 0 aliphatic heterocycles. The van der Waals surface area contributed by atoms with Gasteiger partial charge in [-0.05, 0) is 12.8 Å². The number of halogens is 4. The third kappa shape index (κ3) is 4.38. The first-order chi connectivity index (χ1) is 10.5. The van der Waals surface area contributed by atoms with E-state index in [1.54, 1.807) is 11.8 Å². The maximum absolute atomic E-state index is 13.4. The second-order valence-electron chi connectivity index (χ2n) is 5.27. The van der Waals surface area contributed by atoms with Crippen molar-refractivity contribution in [2.75, 3.05) is 11.1 Å². The Labute approximate surface area is 130 Å². The zero-order valence-electron chi connectivity index (χ0n) is 11.9. The monoisotopic (exact) mass is 335 g/mol. The van der Waals surface area contributed by atoms with Crippen LogP contribution in [-0.2, 0) is 4.79 Å². The molecule has 1 saturated carbocycles. The van der Waals surface area contributed by atoms with Crippen LogP contribution in [0.5, 0.6) is 0 Å². The van der Waals surface area contributed by atoms with Gasteiger partial charge >= 0.3 is 0 Å². The van der Waals surface area contributed by atoms with Crippen LogP contribution in [0.4, 0.5) is 23.2 Å². The topological polar surface area (TPSA) is 29.1 Å². The van der Waals surface area contributed by atoms with Crippen LogP contribution in [-0.4, -0.2) is 16.9 Å². The van der Waals surface area contributed by atoms with E-state index < -0.39 is 34.9 Å². The molecule has 1 aliphatic rings. The molecule has 0 bridgehead atoms. The largest absolute Gasteiger partial charge is 0.321 e. The molecule has 1 N–H and O–H groups in total. The molecule has 2 nitrogen and oxygen atoms in total. The van der Waals surface area contributed by atoms with Crippen LogP contribution in [0.15, 0.2) is 6.07 Å². The minimum atomic E-state index is -1.59. The van der Waals surface area contributed by atoms with E-state index in [2.05, 4.69) is 0 Å². The highest BCUT2D eigenvalue weighted by Crippen LogP contribution is 2.29.